The Morgan fingerprint density at radius 2 is 2.08 bits per heavy atom. The van der Waals surface area contributed by atoms with Gasteiger partial charge in [0.25, 0.3) is 5.91 Å². The van der Waals surface area contributed by atoms with Crippen molar-refractivity contribution in [3.8, 4) is 6.07 Å². The van der Waals surface area contributed by atoms with Gasteiger partial charge in [-0.3, -0.25) is 4.79 Å². The Morgan fingerprint density at radius 3 is 2.54 bits per heavy atom. The summed E-state index contributed by atoms with van der Waals surface area (Å²) in [5, 5.41) is 10.9. The van der Waals surface area contributed by atoms with Gasteiger partial charge >= 0.3 is 0 Å². The van der Waals surface area contributed by atoms with Gasteiger partial charge in [-0.2, -0.15) is 5.26 Å². The summed E-state index contributed by atoms with van der Waals surface area (Å²) in [6.45, 7) is 3.38. The van der Waals surface area contributed by atoms with Crippen LogP contribution in [0.3, 0.4) is 0 Å². The molecule has 0 aromatic heterocycles. The van der Waals surface area contributed by atoms with Crippen LogP contribution >= 0.6 is 0 Å². The van der Waals surface area contributed by atoms with E-state index in [0.717, 1.165) is 0 Å². The van der Waals surface area contributed by atoms with Crippen LogP contribution in [0.1, 0.15) is 15.9 Å². The molecule has 1 aromatic rings. The Balaban J connectivity index is 2.87. The van der Waals surface area contributed by atoms with E-state index in [1.54, 1.807) is 24.3 Å². The van der Waals surface area contributed by atoms with Gasteiger partial charge in [0, 0.05) is 5.56 Å². The number of hydrogen-bond donors (Lipinski definition) is 1. The summed E-state index contributed by atoms with van der Waals surface area (Å²) in [7, 11) is 0. The first-order valence-electron chi connectivity index (χ1n) is 3.70. The number of nitriles is 1. The molecule has 3 nitrogen and oxygen atoms in total. The van der Waals surface area contributed by atoms with Gasteiger partial charge in [-0.05, 0) is 30.5 Å². The standard InChI is InChI=1S/C10H8N2O/c1-2-12-10(13)9-5-3-8(7-11)4-6-9/h2-6H,1H2,(H,12,13). The predicted octanol–water partition coefficient (Wildman–Crippen LogP) is 1.43. The van der Waals surface area contributed by atoms with Crippen LogP contribution in [-0.2, 0) is 0 Å². The van der Waals surface area contributed by atoms with E-state index in [-0.39, 0.29) is 5.91 Å². The quantitative estimate of drug-likeness (QED) is 0.733. The third-order valence-electron chi connectivity index (χ3n) is 1.51. The Bertz CT molecular complexity index is 360. The van der Waals surface area contributed by atoms with E-state index in [2.05, 4.69) is 11.9 Å². The second kappa shape index (κ2) is 4.07. The van der Waals surface area contributed by atoms with Crippen LogP contribution in [0.5, 0.6) is 0 Å². The topological polar surface area (TPSA) is 52.9 Å². The van der Waals surface area contributed by atoms with Crippen LogP contribution in [0.4, 0.5) is 0 Å². The lowest BCUT2D eigenvalue weighted by atomic mass is 10.1. The molecule has 64 valence electrons. The minimum atomic E-state index is -0.223. The molecule has 0 aliphatic carbocycles. The first kappa shape index (κ1) is 9.01. The highest BCUT2D eigenvalue weighted by Crippen LogP contribution is 2.02. The van der Waals surface area contributed by atoms with Crippen LogP contribution < -0.4 is 5.32 Å². The van der Waals surface area contributed by atoms with Crippen molar-refractivity contribution in [1.29, 1.82) is 5.26 Å². The Hall–Kier alpha value is -2.08. The zero-order valence-electron chi connectivity index (χ0n) is 6.95. The van der Waals surface area contributed by atoms with Crippen LogP contribution in [0.15, 0.2) is 37.0 Å². The number of carbonyl (C=O) groups excluding carboxylic acids is 1. The number of nitrogens with one attached hydrogen (secondary N) is 1. The molecule has 1 N–H and O–H groups in total. The predicted molar refractivity (Wildman–Crippen MR) is 48.8 cm³/mol. The zero-order valence-corrected chi connectivity index (χ0v) is 6.95. The average molecular weight is 172 g/mol. The highest BCUT2D eigenvalue weighted by molar-refractivity contribution is 5.94. The Labute approximate surface area is 76.3 Å². The molecule has 0 aliphatic rings. The van der Waals surface area contributed by atoms with Crippen molar-refractivity contribution in [2.75, 3.05) is 0 Å². The molecule has 3 heteroatoms. The van der Waals surface area contributed by atoms with Gasteiger partial charge in [0.2, 0.25) is 0 Å². The highest BCUT2D eigenvalue weighted by Gasteiger charge is 2.01. The van der Waals surface area contributed by atoms with Crippen molar-refractivity contribution in [2.45, 2.75) is 0 Å². The summed E-state index contributed by atoms with van der Waals surface area (Å²) < 4.78 is 0. The smallest absolute Gasteiger partial charge is 0.255 e. The maximum Gasteiger partial charge on any atom is 0.255 e. The second-order valence-corrected chi connectivity index (χ2v) is 2.37. The zero-order chi connectivity index (χ0) is 9.68. The van der Waals surface area contributed by atoms with Crippen molar-refractivity contribution in [3.05, 3.63) is 48.2 Å². The van der Waals surface area contributed by atoms with Gasteiger partial charge in [-0.25, -0.2) is 0 Å². The first-order chi connectivity index (χ1) is 6.27. The largest absolute Gasteiger partial charge is 0.329 e. The number of benzene rings is 1. The van der Waals surface area contributed by atoms with Gasteiger partial charge < -0.3 is 5.32 Å². The molecule has 0 bridgehead atoms. The van der Waals surface area contributed by atoms with Crippen molar-refractivity contribution >= 4 is 5.91 Å². The van der Waals surface area contributed by atoms with Gasteiger partial charge in [0.15, 0.2) is 0 Å². The summed E-state index contributed by atoms with van der Waals surface area (Å²) >= 11 is 0. The molecule has 13 heavy (non-hydrogen) atoms. The lowest BCUT2D eigenvalue weighted by Gasteiger charge is -1.98. The maximum atomic E-state index is 11.2. The van der Waals surface area contributed by atoms with Crippen molar-refractivity contribution in [2.24, 2.45) is 0 Å². The molecule has 1 amide bonds. The van der Waals surface area contributed by atoms with Crippen molar-refractivity contribution in [1.82, 2.24) is 5.32 Å². The van der Waals surface area contributed by atoms with E-state index < -0.39 is 0 Å². The van der Waals surface area contributed by atoms with Crippen molar-refractivity contribution < 1.29 is 4.79 Å². The summed E-state index contributed by atoms with van der Waals surface area (Å²) in [4.78, 5) is 11.2. The van der Waals surface area contributed by atoms with E-state index in [1.807, 2.05) is 6.07 Å². The molecule has 0 atom stereocenters. The minimum absolute atomic E-state index is 0.223. The van der Waals surface area contributed by atoms with Crippen LogP contribution in [-0.4, -0.2) is 5.91 Å². The van der Waals surface area contributed by atoms with E-state index in [9.17, 15) is 4.79 Å². The fourth-order valence-corrected chi connectivity index (χ4v) is 0.872. The average Bonchev–Trinajstić information content (AvgIpc) is 2.18. The normalized spacial score (nSPS) is 8.54. The fraction of sp³-hybridized carbons (Fsp3) is 0. The summed E-state index contributed by atoms with van der Waals surface area (Å²) in [5.41, 5.74) is 1.05. The maximum absolute atomic E-state index is 11.2. The third kappa shape index (κ3) is 2.17. The van der Waals surface area contributed by atoms with Crippen LogP contribution in [0.2, 0.25) is 0 Å². The molecule has 1 rings (SSSR count). The minimum Gasteiger partial charge on any atom is -0.329 e. The van der Waals surface area contributed by atoms with E-state index in [0.29, 0.717) is 11.1 Å². The number of rotatable bonds is 2. The molecule has 0 heterocycles. The highest BCUT2D eigenvalue weighted by atomic mass is 16.1. The van der Waals surface area contributed by atoms with Crippen molar-refractivity contribution in [3.63, 3.8) is 0 Å². The molecule has 0 fully saturated rings. The molecule has 0 unspecified atom stereocenters. The fourth-order valence-electron chi connectivity index (χ4n) is 0.872. The van der Waals surface area contributed by atoms with Crippen LogP contribution in [0, 0.1) is 11.3 Å². The van der Waals surface area contributed by atoms with E-state index in [4.69, 9.17) is 5.26 Å². The number of amides is 1. The molecular formula is C10H8N2O. The van der Waals surface area contributed by atoms with Gasteiger partial charge in [0.1, 0.15) is 0 Å². The first-order valence-corrected chi connectivity index (χ1v) is 3.70. The van der Waals surface area contributed by atoms with E-state index >= 15 is 0 Å². The van der Waals surface area contributed by atoms with E-state index in [1.165, 1.54) is 6.20 Å². The number of carbonyl (C=O) groups is 1. The summed E-state index contributed by atoms with van der Waals surface area (Å²) in [6.07, 6.45) is 1.32. The Morgan fingerprint density at radius 1 is 1.46 bits per heavy atom. The lowest BCUT2D eigenvalue weighted by Crippen LogP contribution is -2.16. The Kier molecular flexibility index (Phi) is 2.82. The van der Waals surface area contributed by atoms with Gasteiger partial charge in [-0.1, -0.05) is 6.58 Å². The van der Waals surface area contributed by atoms with Gasteiger partial charge in [0.05, 0.1) is 11.6 Å². The summed E-state index contributed by atoms with van der Waals surface area (Å²) in [6, 6.07) is 8.35. The number of hydrogen-bond acceptors (Lipinski definition) is 2. The monoisotopic (exact) mass is 172 g/mol. The molecule has 1 aromatic carbocycles. The number of nitrogens with zero attached hydrogens (tertiary/aromatic N) is 1. The van der Waals surface area contributed by atoms with Crippen LogP contribution in [0.25, 0.3) is 0 Å². The second-order valence-electron chi connectivity index (χ2n) is 2.37. The molecule has 0 aliphatic heterocycles. The van der Waals surface area contributed by atoms with Gasteiger partial charge in [-0.15, -0.1) is 0 Å². The molecule has 0 spiro atoms. The lowest BCUT2D eigenvalue weighted by molar-refractivity contribution is 0.0970. The molecular weight excluding hydrogens is 164 g/mol. The molecule has 0 saturated carbocycles. The molecule has 0 radical (unpaired) electrons. The third-order valence-corrected chi connectivity index (χ3v) is 1.51. The molecule has 0 saturated heterocycles. The summed E-state index contributed by atoms with van der Waals surface area (Å²) in [5.74, 6) is -0.223. The SMILES string of the molecule is C=CNC(=O)c1ccc(C#N)cc1.